The molecule has 3 aromatic rings. The minimum Gasteiger partial charge on any atom is -0.245 e. The lowest BCUT2D eigenvalue weighted by atomic mass is 10.2. The summed E-state index contributed by atoms with van der Waals surface area (Å²) in [7, 11) is -0.371. The first-order valence-corrected chi connectivity index (χ1v) is 8.94. The van der Waals surface area contributed by atoms with Crippen LogP contribution < -0.4 is 8.61 Å². The second kappa shape index (κ2) is 5.55. The van der Waals surface area contributed by atoms with Crippen LogP contribution in [0.1, 0.15) is 11.4 Å². The van der Waals surface area contributed by atoms with E-state index in [4.69, 9.17) is 0 Å². The normalized spacial score (nSPS) is 15.6. The van der Waals surface area contributed by atoms with Gasteiger partial charge in [-0.05, 0) is 12.1 Å². The molecule has 11 heteroatoms. The highest BCUT2D eigenvalue weighted by Gasteiger charge is 2.40. The molecule has 0 unspecified atom stereocenters. The molecule has 0 atom stereocenters. The highest BCUT2D eigenvalue weighted by molar-refractivity contribution is 7.94. The van der Waals surface area contributed by atoms with Crippen LogP contribution in [0.5, 0.6) is 0 Å². The van der Waals surface area contributed by atoms with E-state index in [1.54, 1.807) is 38.6 Å². The van der Waals surface area contributed by atoms with Crippen LogP contribution in [-0.4, -0.2) is 38.4 Å². The molecule has 0 saturated carbocycles. The van der Waals surface area contributed by atoms with Crippen molar-refractivity contribution in [2.45, 2.75) is 13.1 Å². The van der Waals surface area contributed by atoms with Gasteiger partial charge in [-0.15, -0.1) is 0 Å². The Labute approximate surface area is 144 Å². The quantitative estimate of drug-likeness (QED) is 0.659. The summed E-state index contributed by atoms with van der Waals surface area (Å²) < 4.78 is 28.9. The van der Waals surface area contributed by atoms with Gasteiger partial charge in [0.1, 0.15) is 11.4 Å². The molecule has 1 aliphatic heterocycles. The maximum Gasteiger partial charge on any atom is 0.327 e. The number of hydrogen-bond acceptors (Lipinski definition) is 6. The summed E-state index contributed by atoms with van der Waals surface area (Å²) in [6, 6.07) is 7.17. The number of aromatic nitrogens is 6. The number of para-hydroxylation sites is 2. The summed E-state index contributed by atoms with van der Waals surface area (Å²) in [6.45, 7) is 0.230. The van der Waals surface area contributed by atoms with E-state index in [0.717, 1.165) is 0 Å². The van der Waals surface area contributed by atoms with Crippen LogP contribution in [0, 0.1) is 0 Å². The van der Waals surface area contributed by atoms with Crippen molar-refractivity contribution >= 4 is 21.6 Å². The van der Waals surface area contributed by atoms with Crippen molar-refractivity contribution in [2.75, 3.05) is 8.61 Å². The summed E-state index contributed by atoms with van der Waals surface area (Å²) in [4.78, 5) is 2.81. The molecule has 0 spiro atoms. The maximum atomic E-state index is 13.1. The Balaban J connectivity index is 1.73. The fourth-order valence-corrected chi connectivity index (χ4v) is 4.44. The van der Waals surface area contributed by atoms with Gasteiger partial charge < -0.3 is 0 Å². The molecule has 10 nitrogen and oxygen atoms in total. The number of aryl methyl sites for hydroxylation is 2. The molecule has 0 amide bonds. The molecule has 0 saturated heterocycles. The van der Waals surface area contributed by atoms with Crippen LogP contribution in [0.2, 0.25) is 0 Å². The Bertz CT molecular complexity index is 950. The highest BCUT2D eigenvalue weighted by Crippen LogP contribution is 2.42. The monoisotopic (exact) mass is 360 g/mol. The molecule has 0 bridgehead atoms. The summed E-state index contributed by atoms with van der Waals surface area (Å²) in [5.74, 6) is 0. The number of fused-ring (bicyclic) bond motifs is 1. The second-order valence-electron chi connectivity index (χ2n) is 5.66. The smallest absolute Gasteiger partial charge is 0.245 e. The summed E-state index contributed by atoms with van der Waals surface area (Å²) in [6.07, 6.45) is 3.12. The second-order valence-corrected chi connectivity index (χ2v) is 7.44. The zero-order valence-electron chi connectivity index (χ0n) is 13.7. The van der Waals surface area contributed by atoms with E-state index in [1.807, 2.05) is 12.1 Å². The number of anilines is 2. The van der Waals surface area contributed by atoms with Gasteiger partial charge in [0.05, 0.1) is 36.9 Å². The molecule has 3 heterocycles. The Morgan fingerprint density at radius 1 is 0.840 bits per heavy atom. The molecule has 0 fully saturated rings. The van der Waals surface area contributed by atoms with Gasteiger partial charge in [0, 0.05) is 14.1 Å². The van der Waals surface area contributed by atoms with E-state index in [1.165, 1.54) is 18.2 Å². The highest BCUT2D eigenvalue weighted by atomic mass is 32.2. The SMILES string of the molecule is Cn1ncc(CN2c3ccccc3N(Cc3cnn(C)n3)S2(=O)=O)n1. The van der Waals surface area contributed by atoms with Crippen molar-refractivity contribution in [3.8, 4) is 0 Å². The van der Waals surface area contributed by atoms with E-state index < -0.39 is 10.2 Å². The van der Waals surface area contributed by atoms with Gasteiger partial charge in [0.2, 0.25) is 0 Å². The minimum absolute atomic E-state index is 0.115. The third kappa shape index (κ3) is 2.61. The van der Waals surface area contributed by atoms with Crippen LogP contribution in [-0.2, 0) is 37.4 Å². The predicted octanol–water partition coefficient (Wildman–Crippen LogP) is 0.215. The molecule has 1 aromatic carbocycles. The van der Waals surface area contributed by atoms with Crippen LogP contribution >= 0.6 is 0 Å². The Morgan fingerprint density at radius 2 is 1.28 bits per heavy atom. The van der Waals surface area contributed by atoms with Crippen molar-refractivity contribution in [3.05, 3.63) is 48.0 Å². The molecule has 2 aromatic heterocycles. The largest absolute Gasteiger partial charge is 0.327 e. The van der Waals surface area contributed by atoms with Crippen LogP contribution in [0.15, 0.2) is 36.7 Å². The lowest BCUT2D eigenvalue weighted by Gasteiger charge is -2.20. The topological polar surface area (TPSA) is 102 Å². The number of benzene rings is 1. The van der Waals surface area contributed by atoms with Crippen LogP contribution in [0.4, 0.5) is 11.4 Å². The van der Waals surface area contributed by atoms with Crippen molar-refractivity contribution in [1.82, 2.24) is 30.0 Å². The van der Waals surface area contributed by atoms with Crippen molar-refractivity contribution in [1.29, 1.82) is 0 Å². The predicted molar refractivity (Wildman–Crippen MR) is 89.7 cm³/mol. The molecule has 1 aliphatic rings. The van der Waals surface area contributed by atoms with Crippen molar-refractivity contribution in [2.24, 2.45) is 14.1 Å². The molecule has 25 heavy (non-hydrogen) atoms. The molecule has 4 rings (SSSR count). The van der Waals surface area contributed by atoms with Crippen LogP contribution in [0.3, 0.4) is 0 Å². The summed E-state index contributed by atoms with van der Waals surface area (Å²) in [5.41, 5.74) is 2.36. The van der Waals surface area contributed by atoms with Crippen molar-refractivity contribution in [3.63, 3.8) is 0 Å². The first-order chi connectivity index (χ1) is 11.9. The average molecular weight is 360 g/mol. The van der Waals surface area contributed by atoms with Gasteiger partial charge in [0.25, 0.3) is 0 Å². The van der Waals surface area contributed by atoms with Gasteiger partial charge in [0.15, 0.2) is 0 Å². The number of hydrogen-bond donors (Lipinski definition) is 0. The Hall–Kier alpha value is -2.95. The van der Waals surface area contributed by atoms with Gasteiger partial charge in [-0.3, -0.25) is 0 Å². The third-order valence-electron chi connectivity index (χ3n) is 3.88. The Kier molecular flexibility index (Phi) is 3.46. The first-order valence-electron chi connectivity index (χ1n) is 7.55. The lowest BCUT2D eigenvalue weighted by Crippen LogP contribution is -2.37. The van der Waals surface area contributed by atoms with E-state index in [0.29, 0.717) is 22.8 Å². The molecule has 130 valence electrons. The van der Waals surface area contributed by atoms with E-state index >= 15 is 0 Å². The molecular weight excluding hydrogens is 344 g/mol. The van der Waals surface area contributed by atoms with E-state index in [2.05, 4.69) is 20.4 Å². The third-order valence-corrected chi connectivity index (χ3v) is 5.65. The van der Waals surface area contributed by atoms with E-state index in [-0.39, 0.29) is 13.1 Å². The molecular formula is C14H16N8O2S. The minimum atomic E-state index is -3.75. The van der Waals surface area contributed by atoms with Crippen LogP contribution in [0.25, 0.3) is 0 Å². The standard InChI is InChI=1S/C14H16N8O2S/c1-19-15-7-11(17-19)9-21-13-5-3-4-6-14(13)22(25(21,23)24)10-12-8-16-20(2)18-12/h3-8H,9-10H2,1-2H3. The lowest BCUT2D eigenvalue weighted by molar-refractivity contribution is 0.585. The zero-order valence-corrected chi connectivity index (χ0v) is 14.5. The van der Waals surface area contributed by atoms with Gasteiger partial charge in [-0.2, -0.15) is 38.4 Å². The molecule has 0 aliphatic carbocycles. The van der Waals surface area contributed by atoms with Crippen molar-refractivity contribution < 1.29 is 8.42 Å². The summed E-state index contributed by atoms with van der Waals surface area (Å²) >= 11 is 0. The number of rotatable bonds is 4. The maximum absolute atomic E-state index is 13.1. The van der Waals surface area contributed by atoms with E-state index in [9.17, 15) is 8.42 Å². The molecule has 0 radical (unpaired) electrons. The van der Waals surface area contributed by atoms with Gasteiger partial charge >= 0.3 is 10.2 Å². The first kappa shape index (κ1) is 15.6. The van der Waals surface area contributed by atoms with Gasteiger partial charge in [-0.1, -0.05) is 12.1 Å². The zero-order chi connectivity index (χ0) is 17.6. The average Bonchev–Trinajstić information content (AvgIpc) is 3.22. The van der Waals surface area contributed by atoms with Gasteiger partial charge in [-0.25, -0.2) is 8.61 Å². The summed E-state index contributed by atoms with van der Waals surface area (Å²) in [5, 5.41) is 16.4. The molecule has 0 N–H and O–H groups in total. The fourth-order valence-electron chi connectivity index (χ4n) is 2.80. The number of nitrogens with zero attached hydrogens (tertiary/aromatic N) is 8. The fraction of sp³-hybridized carbons (Fsp3) is 0.286. The Morgan fingerprint density at radius 3 is 1.64 bits per heavy atom.